The van der Waals surface area contributed by atoms with E-state index in [1.165, 1.54) is 25.4 Å². The molecule has 28 heavy (non-hydrogen) atoms. The van der Waals surface area contributed by atoms with Gasteiger partial charge in [0.2, 0.25) is 5.91 Å². The van der Waals surface area contributed by atoms with E-state index in [-0.39, 0.29) is 11.9 Å². The molecule has 1 aromatic carbocycles. The van der Waals surface area contributed by atoms with Crippen LogP contribution in [0.2, 0.25) is 0 Å². The number of carbonyl (C=O) groups is 2. The van der Waals surface area contributed by atoms with E-state index < -0.39 is 5.91 Å². The molecular formula is C19H26N4O4S. The molecule has 0 spiro atoms. The molecule has 2 rings (SSSR count). The Morgan fingerprint density at radius 3 is 2.68 bits per heavy atom. The Morgan fingerprint density at radius 2 is 2.07 bits per heavy atom. The van der Waals surface area contributed by atoms with E-state index in [4.69, 9.17) is 15.2 Å². The molecule has 0 fully saturated rings. The largest absolute Gasteiger partial charge is 0.497 e. The van der Waals surface area contributed by atoms with Gasteiger partial charge in [-0.3, -0.25) is 9.59 Å². The molecule has 0 saturated heterocycles. The summed E-state index contributed by atoms with van der Waals surface area (Å²) in [6.45, 7) is 4.49. The van der Waals surface area contributed by atoms with Gasteiger partial charge in [-0.25, -0.2) is 0 Å². The highest BCUT2D eigenvalue weighted by molar-refractivity contribution is 7.07. The van der Waals surface area contributed by atoms with Crippen LogP contribution in [0.1, 0.15) is 42.4 Å². The molecule has 1 unspecified atom stereocenters. The fourth-order valence-corrected chi connectivity index (χ4v) is 3.67. The monoisotopic (exact) mass is 406 g/mol. The Balaban J connectivity index is 2.34. The number of amides is 2. The van der Waals surface area contributed by atoms with Crippen LogP contribution in [0, 0.1) is 0 Å². The van der Waals surface area contributed by atoms with Crippen molar-refractivity contribution in [2.24, 2.45) is 10.7 Å². The first-order chi connectivity index (χ1) is 13.4. The minimum atomic E-state index is -0.409. The second-order valence-electron chi connectivity index (χ2n) is 6.20. The van der Waals surface area contributed by atoms with Gasteiger partial charge in [-0.1, -0.05) is 0 Å². The van der Waals surface area contributed by atoms with E-state index in [1.54, 1.807) is 25.3 Å². The van der Waals surface area contributed by atoms with Gasteiger partial charge in [0, 0.05) is 43.2 Å². The van der Waals surface area contributed by atoms with Crippen molar-refractivity contribution in [2.45, 2.75) is 32.9 Å². The van der Waals surface area contributed by atoms with Gasteiger partial charge in [0.15, 0.2) is 4.80 Å². The van der Waals surface area contributed by atoms with Crippen molar-refractivity contribution in [1.82, 2.24) is 9.88 Å². The molecule has 1 heterocycles. The van der Waals surface area contributed by atoms with Gasteiger partial charge in [0.25, 0.3) is 5.91 Å². The highest BCUT2D eigenvalue weighted by atomic mass is 32.1. The summed E-state index contributed by atoms with van der Waals surface area (Å²) in [6.07, 6.45) is 0.698. The molecule has 0 bridgehead atoms. The normalized spacial score (nSPS) is 12.5. The molecule has 1 aromatic heterocycles. The van der Waals surface area contributed by atoms with Gasteiger partial charge in [0.1, 0.15) is 11.5 Å². The molecule has 0 aliphatic carbocycles. The molecule has 9 heteroatoms. The van der Waals surface area contributed by atoms with Crippen molar-refractivity contribution >= 4 is 23.2 Å². The van der Waals surface area contributed by atoms with Crippen molar-refractivity contribution in [2.75, 3.05) is 20.8 Å². The Hall–Kier alpha value is -2.65. The topological polar surface area (TPSA) is 108 Å². The SMILES string of the molecule is COc1ccc(C(=O)N=c2scc(C(C)N)n2CCCNC(C)=O)c(OC)c1. The van der Waals surface area contributed by atoms with E-state index in [2.05, 4.69) is 10.3 Å². The van der Waals surface area contributed by atoms with Crippen molar-refractivity contribution in [3.63, 3.8) is 0 Å². The summed E-state index contributed by atoms with van der Waals surface area (Å²) in [5, 5.41) is 4.67. The number of methoxy groups -OCH3 is 2. The fourth-order valence-electron chi connectivity index (χ4n) is 2.64. The summed E-state index contributed by atoms with van der Waals surface area (Å²) in [5.74, 6) is 0.508. The van der Waals surface area contributed by atoms with E-state index in [0.29, 0.717) is 41.4 Å². The third-order valence-corrected chi connectivity index (χ3v) is 4.94. The number of nitrogens with two attached hydrogens (primary N) is 1. The molecule has 2 aromatic rings. The number of benzene rings is 1. The van der Waals surface area contributed by atoms with E-state index in [0.717, 1.165) is 5.69 Å². The summed E-state index contributed by atoms with van der Waals surface area (Å²) in [7, 11) is 3.04. The summed E-state index contributed by atoms with van der Waals surface area (Å²) >= 11 is 1.36. The van der Waals surface area contributed by atoms with Crippen LogP contribution in [0.5, 0.6) is 11.5 Å². The van der Waals surface area contributed by atoms with Crippen molar-refractivity contribution in [3.05, 3.63) is 39.6 Å². The average molecular weight is 407 g/mol. The quantitative estimate of drug-likeness (QED) is 0.651. The molecular weight excluding hydrogens is 380 g/mol. The van der Waals surface area contributed by atoms with Gasteiger partial charge >= 0.3 is 0 Å². The third-order valence-electron chi connectivity index (χ3n) is 4.06. The van der Waals surface area contributed by atoms with Gasteiger partial charge in [-0.05, 0) is 25.5 Å². The Bertz CT molecular complexity index is 902. The Morgan fingerprint density at radius 1 is 1.32 bits per heavy atom. The second-order valence-corrected chi connectivity index (χ2v) is 7.04. The van der Waals surface area contributed by atoms with Crippen molar-refractivity contribution in [1.29, 1.82) is 0 Å². The van der Waals surface area contributed by atoms with Gasteiger partial charge in [-0.2, -0.15) is 4.99 Å². The van der Waals surface area contributed by atoms with Crippen LogP contribution >= 0.6 is 11.3 Å². The molecule has 0 aliphatic rings. The first-order valence-electron chi connectivity index (χ1n) is 8.86. The number of ether oxygens (including phenoxy) is 2. The number of carbonyl (C=O) groups excluding carboxylic acids is 2. The van der Waals surface area contributed by atoms with Crippen LogP contribution in [-0.2, 0) is 11.3 Å². The number of aromatic nitrogens is 1. The van der Waals surface area contributed by atoms with Gasteiger partial charge < -0.3 is 25.1 Å². The predicted octanol–water partition coefficient (Wildman–Crippen LogP) is 1.85. The molecule has 152 valence electrons. The first-order valence-corrected chi connectivity index (χ1v) is 9.74. The molecule has 2 amide bonds. The average Bonchev–Trinajstić information content (AvgIpc) is 3.07. The lowest BCUT2D eigenvalue weighted by molar-refractivity contribution is -0.118. The summed E-state index contributed by atoms with van der Waals surface area (Å²) < 4.78 is 12.4. The Kier molecular flexibility index (Phi) is 7.77. The maximum atomic E-state index is 12.8. The third kappa shape index (κ3) is 5.43. The summed E-state index contributed by atoms with van der Waals surface area (Å²) in [6, 6.07) is 4.76. The van der Waals surface area contributed by atoms with Crippen LogP contribution in [-0.4, -0.2) is 37.1 Å². The zero-order chi connectivity index (χ0) is 20.7. The lowest BCUT2D eigenvalue weighted by Crippen LogP contribution is -2.26. The lowest BCUT2D eigenvalue weighted by atomic mass is 10.2. The molecule has 3 N–H and O–H groups in total. The number of hydrogen-bond donors (Lipinski definition) is 2. The van der Waals surface area contributed by atoms with Crippen LogP contribution in [0.25, 0.3) is 0 Å². The van der Waals surface area contributed by atoms with Crippen molar-refractivity contribution < 1.29 is 19.1 Å². The molecule has 1 atom stereocenters. The lowest BCUT2D eigenvalue weighted by Gasteiger charge is -2.12. The van der Waals surface area contributed by atoms with E-state index >= 15 is 0 Å². The standard InChI is InChI=1S/C19H26N4O4S/c1-12(20)16-11-28-19(23(16)9-5-8-21-13(2)24)22-18(25)15-7-6-14(26-3)10-17(15)27-4/h6-7,10-12H,5,8-9,20H2,1-4H3,(H,21,24). The maximum absolute atomic E-state index is 12.8. The first kappa shape index (κ1) is 21.6. The Labute approximate surface area is 168 Å². The van der Waals surface area contributed by atoms with Crippen molar-refractivity contribution in [3.8, 4) is 11.5 Å². The van der Waals surface area contributed by atoms with E-state index in [1.807, 2.05) is 16.9 Å². The van der Waals surface area contributed by atoms with Gasteiger partial charge in [0.05, 0.1) is 19.8 Å². The maximum Gasteiger partial charge on any atom is 0.283 e. The fraction of sp³-hybridized carbons (Fsp3) is 0.421. The predicted molar refractivity (Wildman–Crippen MR) is 108 cm³/mol. The van der Waals surface area contributed by atoms with Crippen LogP contribution in [0.3, 0.4) is 0 Å². The smallest absolute Gasteiger partial charge is 0.283 e. The second kappa shape index (κ2) is 10.0. The van der Waals surface area contributed by atoms with Crippen LogP contribution in [0.15, 0.2) is 28.6 Å². The number of nitrogens with one attached hydrogen (secondary N) is 1. The highest BCUT2D eigenvalue weighted by Gasteiger charge is 2.15. The zero-order valence-electron chi connectivity index (χ0n) is 16.5. The number of thiazole rings is 1. The van der Waals surface area contributed by atoms with Gasteiger partial charge in [-0.15, -0.1) is 11.3 Å². The zero-order valence-corrected chi connectivity index (χ0v) is 17.3. The summed E-state index contributed by atoms with van der Waals surface area (Å²) in [5.41, 5.74) is 7.30. The molecule has 0 aliphatic heterocycles. The number of rotatable bonds is 8. The highest BCUT2D eigenvalue weighted by Crippen LogP contribution is 2.25. The number of nitrogens with zero attached hydrogens (tertiary/aromatic N) is 2. The molecule has 0 saturated carbocycles. The van der Waals surface area contributed by atoms with Crippen LogP contribution < -0.4 is 25.3 Å². The number of hydrogen-bond acceptors (Lipinski definition) is 6. The summed E-state index contributed by atoms with van der Waals surface area (Å²) in [4.78, 5) is 28.6. The van der Waals surface area contributed by atoms with E-state index in [9.17, 15) is 9.59 Å². The van der Waals surface area contributed by atoms with Crippen LogP contribution in [0.4, 0.5) is 0 Å². The molecule has 8 nitrogen and oxygen atoms in total. The molecule has 0 radical (unpaired) electrons. The minimum Gasteiger partial charge on any atom is -0.497 e. The minimum absolute atomic E-state index is 0.0746.